The third-order valence-corrected chi connectivity index (χ3v) is 7.46. The number of carbonyl (C=O) groups excluding carboxylic acids is 1. The van der Waals surface area contributed by atoms with Gasteiger partial charge in [-0.2, -0.15) is 10.4 Å². The van der Waals surface area contributed by atoms with Crippen LogP contribution < -0.4 is 5.32 Å². The number of aryl methyl sites for hydroxylation is 1. The van der Waals surface area contributed by atoms with E-state index in [4.69, 9.17) is 10.00 Å². The van der Waals surface area contributed by atoms with E-state index in [1.807, 2.05) is 44.4 Å². The number of aromatic nitrogens is 3. The predicted molar refractivity (Wildman–Crippen MR) is 133 cm³/mol. The second kappa shape index (κ2) is 10.0. The molecule has 10 nitrogen and oxygen atoms in total. The van der Waals surface area contributed by atoms with E-state index in [9.17, 15) is 14.7 Å². The van der Waals surface area contributed by atoms with E-state index in [-0.39, 0.29) is 24.4 Å². The predicted octanol–water partition coefficient (Wildman–Crippen LogP) is 3.30. The molecule has 4 heterocycles. The average molecular weight is 501 g/mol. The number of esters is 1. The molecule has 2 aliphatic rings. The molecule has 2 aromatic heterocycles. The molecule has 5 rings (SSSR count). The van der Waals surface area contributed by atoms with E-state index < -0.39 is 6.09 Å². The standard InChI is InChI=1S/C27H28N6O4/c1-16-7-25(29-11-20(16)8-28)33-13-18(9-31-33)12-32-6-5-19(10-30-27(35)36)23(14-32)21-3-4-22-24(17(21)2)15-37-26(22)34/h3-4,7,9,11,13,19,23,30H,5-6,10,12,14-15H2,1-2H3,(H,35,36). The Morgan fingerprint density at radius 1 is 1.32 bits per heavy atom. The fourth-order valence-electron chi connectivity index (χ4n) is 5.40. The number of ether oxygens (including phenoxy) is 1. The van der Waals surface area contributed by atoms with Gasteiger partial charge in [-0.15, -0.1) is 0 Å². The summed E-state index contributed by atoms with van der Waals surface area (Å²) in [4.78, 5) is 30.0. The summed E-state index contributed by atoms with van der Waals surface area (Å²) in [5.41, 5.74) is 6.15. The van der Waals surface area contributed by atoms with Gasteiger partial charge in [0.25, 0.3) is 0 Å². The van der Waals surface area contributed by atoms with E-state index in [1.54, 1.807) is 10.9 Å². The van der Waals surface area contributed by atoms with Crippen LogP contribution in [0.1, 0.15) is 56.1 Å². The van der Waals surface area contributed by atoms with Gasteiger partial charge < -0.3 is 15.2 Å². The van der Waals surface area contributed by atoms with Crippen molar-refractivity contribution in [2.45, 2.75) is 39.3 Å². The first-order chi connectivity index (χ1) is 17.8. The minimum Gasteiger partial charge on any atom is -0.465 e. The molecule has 37 heavy (non-hydrogen) atoms. The van der Waals surface area contributed by atoms with Crippen LogP contribution in [-0.2, 0) is 17.9 Å². The molecule has 2 aliphatic heterocycles. The minimum atomic E-state index is -1.02. The molecule has 10 heteroatoms. The number of nitriles is 1. The molecular formula is C27H28N6O4. The van der Waals surface area contributed by atoms with Crippen molar-refractivity contribution in [3.8, 4) is 11.9 Å². The molecule has 190 valence electrons. The summed E-state index contributed by atoms with van der Waals surface area (Å²) >= 11 is 0. The molecule has 1 fully saturated rings. The second-order valence-electron chi connectivity index (χ2n) is 9.72. The normalized spacial score (nSPS) is 19.2. The van der Waals surface area contributed by atoms with Gasteiger partial charge in [-0.3, -0.25) is 4.90 Å². The van der Waals surface area contributed by atoms with Crippen LogP contribution in [0.2, 0.25) is 0 Å². The largest absolute Gasteiger partial charge is 0.465 e. The lowest BCUT2D eigenvalue weighted by Crippen LogP contribution is -2.43. The number of amides is 1. The van der Waals surface area contributed by atoms with E-state index in [0.29, 0.717) is 30.0 Å². The molecule has 0 saturated carbocycles. The number of pyridine rings is 1. The number of cyclic esters (lactones) is 1. The first-order valence-electron chi connectivity index (χ1n) is 12.2. The topological polar surface area (TPSA) is 133 Å². The number of nitrogens with one attached hydrogen (secondary N) is 1. The maximum absolute atomic E-state index is 12.0. The van der Waals surface area contributed by atoms with Gasteiger partial charge in [0.1, 0.15) is 12.7 Å². The fraction of sp³-hybridized carbons (Fsp3) is 0.370. The fourth-order valence-corrected chi connectivity index (χ4v) is 5.40. The monoisotopic (exact) mass is 500 g/mol. The maximum atomic E-state index is 12.0. The number of likely N-dealkylation sites (tertiary alicyclic amines) is 1. The number of fused-ring (bicyclic) bond motifs is 1. The summed E-state index contributed by atoms with van der Waals surface area (Å²) in [6.45, 7) is 6.82. The molecule has 0 bridgehead atoms. The zero-order valence-corrected chi connectivity index (χ0v) is 20.8. The summed E-state index contributed by atoms with van der Waals surface area (Å²) in [5, 5.41) is 25.4. The molecule has 2 atom stereocenters. The van der Waals surface area contributed by atoms with Gasteiger partial charge >= 0.3 is 12.1 Å². The van der Waals surface area contributed by atoms with Crippen LogP contribution in [0.5, 0.6) is 0 Å². The van der Waals surface area contributed by atoms with Crippen molar-refractivity contribution in [2.75, 3.05) is 19.6 Å². The van der Waals surface area contributed by atoms with Crippen LogP contribution in [0, 0.1) is 31.1 Å². The molecule has 0 aliphatic carbocycles. The zero-order valence-electron chi connectivity index (χ0n) is 20.8. The van der Waals surface area contributed by atoms with E-state index >= 15 is 0 Å². The van der Waals surface area contributed by atoms with Crippen molar-refractivity contribution in [1.29, 1.82) is 5.26 Å². The maximum Gasteiger partial charge on any atom is 0.404 e. The molecule has 2 N–H and O–H groups in total. The Labute approximate surface area is 214 Å². The van der Waals surface area contributed by atoms with Crippen molar-refractivity contribution in [2.24, 2.45) is 5.92 Å². The Morgan fingerprint density at radius 3 is 2.92 bits per heavy atom. The lowest BCUT2D eigenvalue weighted by Gasteiger charge is -2.39. The van der Waals surface area contributed by atoms with Crippen molar-refractivity contribution < 1.29 is 19.4 Å². The number of piperidine rings is 1. The van der Waals surface area contributed by atoms with Crippen molar-refractivity contribution in [1.82, 2.24) is 25.0 Å². The average Bonchev–Trinajstić information content (AvgIpc) is 3.50. The lowest BCUT2D eigenvalue weighted by molar-refractivity contribution is 0.0535. The number of nitrogens with zero attached hydrogens (tertiary/aromatic N) is 5. The molecular weight excluding hydrogens is 472 g/mol. The van der Waals surface area contributed by atoms with Crippen molar-refractivity contribution in [3.63, 3.8) is 0 Å². The highest BCUT2D eigenvalue weighted by Crippen LogP contribution is 2.37. The summed E-state index contributed by atoms with van der Waals surface area (Å²) in [7, 11) is 0. The second-order valence-corrected chi connectivity index (χ2v) is 9.72. The minimum absolute atomic E-state index is 0.0967. The molecule has 1 saturated heterocycles. The molecule has 3 aromatic rings. The number of benzene rings is 1. The zero-order chi connectivity index (χ0) is 26.1. The van der Waals surface area contributed by atoms with Crippen LogP contribution in [0.4, 0.5) is 4.79 Å². The van der Waals surface area contributed by atoms with Crippen LogP contribution in [0.25, 0.3) is 5.82 Å². The number of hydrogen-bond donors (Lipinski definition) is 2. The van der Waals surface area contributed by atoms with E-state index in [2.05, 4.69) is 26.4 Å². The van der Waals surface area contributed by atoms with Crippen molar-refractivity contribution >= 4 is 12.1 Å². The van der Waals surface area contributed by atoms with Gasteiger partial charge in [-0.25, -0.2) is 19.3 Å². The Morgan fingerprint density at radius 2 is 2.16 bits per heavy atom. The van der Waals surface area contributed by atoms with E-state index in [0.717, 1.165) is 47.3 Å². The summed E-state index contributed by atoms with van der Waals surface area (Å²) in [6.07, 6.45) is 5.15. The highest BCUT2D eigenvalue weighted by atomic mass is 16.5. The molecule has 0 radical (unpaired) electrons. The first kappa shape index (κ1) is 24.5. The third-order valence-electron chi connectivity index (χ3n) is 7.46. The molecule has 1 amide bonds. The molecule has 2 unspecified atom stereocenters. The van der Waals surface area contributed by atoms with Gasteiger partial charge in [0.15, 0.2) is 5.82 Å². The highest BCUT2D eigenvalue weighted by Gasteiger charge is 2.34. The molecule has 1 aromatic carbocycles. The SMILES string of the molecule is Cc1cc(-n2cc(CN3CCC(CNC(=O)O)C(c4ccc5c(c4C)COC5=O)C3)cn2)ncc1C#N. The summed E-state index contributed by atoms with van der Waals surface area (Å²) in [5.74, 6) is 0.600. The Bertz CT molecular complexity index is 1410. The Hall–Kier alpha value is -4.23. The highest BCUT2D eigenvalue weighted by molar-refractivity contribution is 5.94. The van der Waals surface area contributed by atoms with Crippen LogP contribution >= 0.6 is 0 Å². The third kappa shape index (κ3) is 4.90. The van der Waals surface area contributed by atoms with Crippen LogP contribution in [0.15, 0.2) is 36.8 Å². The number of rotatable bonds is 6. The Kier molecular flexibility index (Phi) is 6.63. The number of carbonyl (C=O) groups is 2. The summed E-state index contributed by atoms with van der Waals surface area (Å²) < 4.78 is 6.96. The van der Waals surface area contributed by atoms with Crippen LogP contribution in [0.3, 0.4) is 0 Å². The quantitative estimate of drug-likeness (QED) is 0.493. The van der Waals surface area contributed by atoms with Crippen LogP contribution in [-0.4, -0.2) is 56.5 Å². The summed E-state index contributed by atoms with van der Waals surface area (Å²) in [6, 6.07) is 7.81. The molecule has 0 spiro atoms. The van der Waals surface area contributed by atoms with Gasteiger partial charge in [0.2, 0.25) is 0 Å². The van der Waals surface area contributed by atoms with Gasteiger partial charge in [-0.1, -0.05) is 6.07 Å². The first-order valence-corrected chi connectivity index (χ1v) is 12.2. The smallest absolute Gasteiger partial charge is 0.404 e. The van der Waals surface area contributed by atoms with E-state index in [1.165, 1.54) is 0 Å². The lowest BCUT2D eigenvalue weighted by atomic mass is 9.77. The van der Waals surface area contributed by atoms with Gasteiger partial charge in [-0.05, 0) is 61.6 Å². The number of carboxylic acid groups (broad SMARTS) is 1. The Balaban J connectivity index is 1.36. The number of hydrogen-bond acceptors (Lipinski definition) is 7. The van der Waals surface area contributed by atoms with Gasteiger partial charge in [0, 0.05) is 49.1 Å². The van der Waals surface area contributed by atoms with Crippen molar-refractivity contribution in [3.05, 3.63) is 75.7 Å². The van der Waals surface area contributed by atoms with Gasteiger partial charge in [0.05, 0.1) is 17.3 Å².